The van der Waals surface area contributed by atoms with E-state index in [-0.39, 0.29) is 19.8 Å². The highest BCUT2D eigenvalue weighted by atomic mass is 16.6. The maximum atomic E-state index is 12.1. The van der Waals surface area contributed by atoms with E-state index in [0.717, 1.165) is 5.56 Å². The Morgan fingerprint density at radius 2 is 2.00 bits per heavy atom. The SMILES string of the molecule is CCOC(=O)[C@H]1[C@@H](O)CCN1C(=O)OCc1ccccc1. The van der Waals surface area contributed by atoms with Crippen LogP contribution in [0.3, 0.4) is 0 Å². The third-order valence-corrected chi connectivity index (χ3v) is 3.33. The van der Waals surface area contributed by atoms with E-state index in [4.69, 9.17) is 9.47 Å². The second kappa shape index (κ2) is 7.08. The Bertz CT molecular complexity index is 490. The van der Waals surface area contributed by atoms with Crippen molar-refractivity contribution < 1.29 is 24.2 Å². The van der Waals surface area contributed by atoms with Crippen LogP contribution in [0.4, 0.5) is 4.79 Å². The number of likely N-dealkylation sites (tertiary alicyclic amines) is 1. The van der Waals surface area contributed by atoms with Crippen LogP contribution in [-0.4, -0.2) is 47.4 Å². The lowest BCUT2D eigenvalue weighted by atomic mass is 10.2. The highest BCUT2D eigenvalue weighted by molar-refractivity contribution is 5.82. The summed E-state index contributed by atoms with van der Waals surface area (Å²) in [5.41, 5.74) is 0.860. The van der Waals surface area contributed by atoms with Crippen LogP contribution in [0.5, 0.6) is 0 Å². The predicted molar refractivity (Wildman–Crippen MR) is 74.4 cm³/mol. The topological polar surface area (TPSA) is 76.1 Å². The molecule has 1 amide bonds. The van der Waals surface area contributed by atoms with Crippen molar-refractivity contribution in [1.29, 1.82) is 0 Å². The van der Waals surface area contributed by atoms with Crippen LogP contribution in [0.2, 0.25) is 0 Å². The van der Waals surface area contributed by atoms with Gasteiger partial charge < -0.3 is 14.6 Å². The van der Waals surface area contributed by atoms with Crippen molar-refractivity contribution in [3.63, 3.8) is 0 Å². The van der Waals surface area contributed by atoms with Gasteiger partial charge in [0.1, 0.15) is 6.61 Å². The minimum Gasteiger partial charge on any atom is -0.464 e. The number of hydrogen-bond donors (Lipinski definition) is 1. The number of rotatable bonds is 4. The zero-order chi connectivity index (χ0) is 15.2. The zero-order valence-electron chi connectivity index (χ0n) is 11.9. The van der Waals surface area contributed by atoms with Crippen LogP contribution in [0.15, 0.2) is 30.3 Å². The van der Waals surface area contributed by atoms with Gasteiger partial charge in [0.2, 0.25) is 0 Å². The van der Waals surface area contributed by atoms with Crippen molar-refractivity contribution in [3.05, 3.63) is 35.9 Å². The van der Waals surface area contributed by atoms with Crippen LogP contribution in [-0.2, 0) is 20.9 Å². The van der Waals surface area contributed by atoms with Crippen LogP contribution in [0, 0.1) is 0 Å². The summed E-state index contributed by atoms with van der Waals surface area (Å²) in [5, 5.41) is 9.84. The van der Waals surface area contributed by atoms with Gasteiger partial charge in [-0.15, -0.1) is 0 Å². The Kier molecular flexibility index (Phi) is 5.16. The molecule has 2 rings (SSSR count). The molecule has 0 bridgehead atoms. The van der Waals surface area contributed by atoms with Gasteiger partial charge in [0, 0.05) is 6.54 Å². The zero-order valence-corrected chi connectivity index (χ0v) is 11.9. The lowest BCUT2D eigenvalue weighted by molar-refractivity contribution is -0.150. The summed E-state index contributed by atoms with van der Waals surface area (Å²) in [6.45, 7) is 2.28. The molecule has 1 aromatic carbocycles. The Labute approximate surface area is 123 Å². The van der Waals surface area contributed by atoms with Gasteiger partial charge in [-0.25, -0.2) is 9.59 Å². The fraction of sp³-hybridized carbons (Fsp3) is 0.467. The standard InChI is InChI=1S/C15H19NO5/c1-2-20-14(18)13-12(17)8-9-16(13)15(19)21-10-11-6-4-3-5-7-11/h3-7,12-13,17H,2,8-10H2,1H3/t12-,13+/m0/s1. The summed E-state index contributed by atoms with van der Waals surface area (Å²) >= 11 is 0. The molecule has 0 radical (unpaired) electrons. The maximum absolute atomic E-state index is 12.1. The van der Waals surface area contributed by atoms with Crippen molar-refractivity contribution in [2.45, 2.75) is 32.1 Å². The number of esters is 1. The number of aliphatic hydroxyl groups excluding tert-OH is 1. The Hall–Kier alpha value is -2.08. The molecule has 21 heavy (non-hydrogen) atoms. The Morgan fingerprint density at radius 1 is 1.29 bits per heavy atom. The maximum Gasteiger partial charge on any atom is 0.410 e. The van der Waals surface area contributed by atoms with Gasteiger partial charge in [-0.05, 0) is 18.9 Å². The largest absolute Gasteiger partial charge is 0.464 e. The van der Waals surface area contributed by atoms with Gasteiger partial charge in [-0.3, -0.25) is 4.90 Å². The van der Waals surface area contributed by atoms with Crippen molar-refractivity contribution >= 4 is 12.1 Å². The molecular weight excluding hydrogens is 274 g/mol. The van der Waals surface area contributed by atoms with Gasteiger partial charge in [0.25, 0.3) is 0 Å². The van der Waals surface area contributed by atoms with E-state index in [1.165, 1.54) is 4.90 Å². The van der Waals surface area contributed by atoms with Crippen LogP contribution < -0.4 is 0 Å². The van der Waals surface area contributed by atoms with E-state index >= 15 is 0 Å². The smallest absolute Gasteiger partial charge is 0.410 e. The van der Waals surface area contributed by atoms with E-state index in [0.29, 0.717) is 6.42 Å². The number of benzene rings is 1. The highest BCUT2D eigenvalue weighted by Gasteiger charge is 2.42. The van der Waals surface area contributed by atoms with Crippen molar-refractivity contribution in [2.75, 3.05) is 13.2 Å². The third-order valence-electron chi connectivity index (χ3n) is 3.33. The molecule has 0 saturated carbocycles. The molecule has 6 heteroatoms. The molecule has 114 valence electrons. The minimum atomic E-state index is -0.978. The summed E-state index contributed by atoms with van der Waals surface area (Å²) < 4.78 is 10.1. The first-order valence-electron chi connectivity index (χ1n) is 6.95. The molecule has 0 spiro atoms. The fourth-order valence-corrected chi connectivity index (χ4v) is 2.30. The average Bonchev–Trinajstić information content (AvgIpc) is 2.88. The first kappa shape index (κ1) is 15.3. The van der Waals surface area contributed by atoms with Gasteiger partial charge in [-0.2, -0.15) is 0 Å². The minimum absolute atomic E-state index is 0.127. The molecular formula is C15H19NO5. The molecule has 6 nitrogen and oxygen atoms in total. The number of carbonyl (C=O) groups excluding carboxylic acids is 2. The monoisotopic (exact) mass is 293 g/mol. The predicted octanol–water partition coefficient (Wildman–Crippen LogP) is 1.32. The van der Waals surface area contributed by atoms with Crippen molar-refractivity contribution in [3.8, 4) is 0 Å². The number of aliphatic hydroxyl groups is 1. The van der Waals surface area contributed by atoms with Crippen LogP contribution >= 0.6 is 0 Å². The highest BCUT2D eigenvalue weighted by Crippen LogP contribution is 2.20. The van der Waals surface area contributed by atoms with E-state index < -0.39 is 24.2 Å². The van der Waals surface area contributed by atoms with E-state index in [1.807, 2.05) is 30.3 Å². The van der Waals surface area contributed by atoms with Gasteiger partial charge in [-0.1, -0.05) is 30.3 Å². The Morgan fingerprint density at radius 3 is 2.67 bits per heavy atom. The molecule has 1 aromatic rings. The van der Waals surface area contributed by atoms with Crippen molar-refractivity contribution in [1.82, 2.24) is 4.90 Å². The molecule has 0 unspecified atom stereocenters. The molecule has 1 fully saturated rings. The van der Waals surface area contributed by atoms with Crippen LogP contribution in [0.1, 0.15) is 18.9 Å². The lowest BCUT2D eigenvalue weighted by Gasteiger charge is -2.23. The van der Waals surface area contributed by atoms with E-state index in [9.17, 15) is 14.7 Å². The second-order valence-corrected chi connectivity index (χ2v) is 4.79. The molecule has 2 atom stereocenters. The number of ether oxygens (including phenoxy) is 2. The van der Waals surface area contributed by atoms with E-state index in [1.54, 1.807) is 6.92 Å². The molecule has 0 aromatic heterocycles. The lowest BCUT2D eigenvalue weighted by Crippen LogP contribution is -2.46. The van der Waals surface area contributed by atoms with Gasteiger partial charge >= 0.3 is 12.1 Å². The fourth-order valence-electron chi connectivity index (χ4n) is 2.30. The first-order chi connectivity index (χ1) is 10.1. The van der Waals surface area contributed by atoms with Gasteiger partial charge in [0.15, 0.2) is 6.04 Å². The molecule has 1 N–H and O–H groups in total. The van der Waals surface area contributed by atoms with Crippen molar-refractivity contribution in [2.24, 2.45) is 0 Å². The summed E-state index contributed by atoms with van der Waals surface area (Å²) in [7, 11) is 0. The first-order valence-corrected chi connectivity index (χ1v) is 6.95. The average molecular weight is 293 g/mol. The van der Waals surface area contributed by atoms with E-state index in [2.05, 4.69) is 0 Å². The number of carbonyl (C=O) groups is 2. The number of hydrogen-bond acceptors (Lipinski definition) is 5. The second-order valence-electron chi connectivity index (χ2n) is 4.79. The van der Waals surface area contributed by atoms with Gasteiger partial charge in [0.05, 0.1) is 12.7 Å². The Balaban J connectivity index is 1.95. The summed E-state index contributed by atoms with van der Waals surface area (Å²) in [4.78, 5) is 25.1. The molecule has 1 heterocycles. The number of amides is 1. The summed E-state index contributed by atoms with van der Waals surface area (Å²) in [6, 6.07) is 8.28. The normalized spacial score (nSPS) is 21.1. The molecule has 0 aliphatic carbocycles. The summed E-state index contributed by atoms with van der Waals surface area (Å²) in [6.07, 6.45) is -1.19. The molecule has 1 aliphatic rings. The summed E-state index contributed by atoms with van der Waals surface area (Å²) in [5.74, 6) is -0.598. The van der Waals surface area contributed by atoms with Crippen LogP contribution in [0.25, 0.3) is 0 Å². The number of nitrogens with zero attached hydrogens (tertiary/aromatic N) is 1. The molecule has 1 saturated heterocycles. The quantitative estimate of drug-likeness (QED) is 0.847. The molecule has 1 aliphatic heterocycles. The third kappa shape index (κ3) is 3.72.